The molecule has 0 amide bonds. The van der Waals surface area contributed by atoms with Crippen molar-refractivity contribution in [3.8, 4) is 5.88 Å². The van der Waals surface area contributed by atoms with E-state index in [1.807, 2.05) is 18.2 Å². The molecule has 0 aliphatic carbocycles. The van der Waals surface area contributed by atoms with Crippen LogP contribution in [0.2, 0.25) is 0 Å². The van der Waals surface area contributed by atoms with E-state index < -0.39 is 10.0 Å². The van der Waals surface area contributed by atoms with Crippen LogP contribution in [0, 0.1) is 0 Å². The molecule has 1 aromatic heterocycles. The first-order valence-corrected chi connectivity index (χ1v) is 8.84. The summed E-state index contributed by atoms with van der Waals surface area (Å²) in [6.45, 7) is 0.925. The van der Waals surface area contributed by atoms with E-state index in [9.17, 15) is 8.42 Å². The Hall–Kier alpha value is -2.18. The quantitative estimate of drug-likeness (QED) is 0.864. The van der Waals surface area contributed by atoms with Crippen LogP contribution in [-0.4, -0.2) is 31.4 Å². The van der Waals surface area contributed by atoms with Gasteiger partial charge in [-0.1, -0.05) is 24.3 Å². The van der Waals surface area contributed by atoms with Gasteiger partial charge in [0, 0.05) is 30.8 Å². The zero-order valence-electron chi connectivity index (χ0n) is 12.8. The number of methoxy groups -OCH3 is 1. The van der Waals surface area contributed by atoms with Crippen molar-refractivity contribution in [1.29, 1.82) is 0 Å². The number of hydrogen-bond donors (Lipinski definition) is 0. The summed E-state index contributed by atoms with van der Waals surface area (Å²) < 4.78 is 31.5. The van der Waals surface area contributed by atoms with Crippen molar-refractivity contribution in [3.05, 3.63) is 64.7 Å². The van der Waals surface area contributed by atoms with Gasteiger partial charge in [0.25, 0.3) is 0 Å². The summed E-state index contributed by atoms with van der Waals surface area (Å²) >= 11 is 0. The lowest BCUT2D eigenvalue weighted by Crippen LogP contribution is -2.34. The van der Waals surface area contributed by atoms with Crippen molar-refractivity contribution >= 4 is 16.1 Å². The van der Waals surface area contributed by atoms with Crippen LogP contribution >= 0.6 is 0 Å². The minimum absolute atomic E-state index is 0.420. The number of nitrogens with zero attached hydrogens (tertiary/aromatic N) is 2. The fourth-order valence-electron chi connectivity index (χ4n) is 2.55. The van der Waals surface area contributed by atoms with E-state index in [4.69, 9.17) is 4.74 Å². The highest BCUT2D eigenvalue weighted by molar-refractivity contribution is 7.92. The third-order valence-electron chi connectivity index (χ3n) is 3.86. The maximum Gasteiger partial charge on any atom is 0.236 e. The van der Waals surface area contributed by atoms with E-state index in [0.717, 1.165) is 12.0 Å². The van der Waals surface area contributed by atoms with Gasteiger partial charge in [0.1, 0.15) is 0 Å². The van der Waals surface area contributed by atoms with Gasteiger partial charge in [0.05, 0.1) is 7.11 Å². The zero-order valence-corrected chi connectivity index (χ0v) is 13.7. The Bertz CT molecular complexity index is 814. The molecular weight excluding hydrogens is 312 g/mol. The minimum atomic E-state index is -3.45. The molecule has 1 aromatic carbocycles. The molecule has 0 atom stereocenters. The fourth-order valence-corrected chi connectivity index (χ4v) is 3.71. The van der Waals surface area contributed by atoms with E-state index in [1.165, 1.54) is 22.4 Å². The molecule has 0 radical (unpaired) electrons. The van der Waals surface area contributed by atoms with Crippen LogP contribution in [0.5, 0.6) is 5.88 Å². The Morgan fingerprint density at radius 1 is 1.17 bits per heavy atom. The van der Waals surface area contributed by atoms with Gasteiger partial charge in [-0.15, -0.1) is 0 Å². The number of sulfonamides is 1. The lowest BCUT2D eigenvalue weighted by atomic mass is 10.0. The molecule has 0 N–H and O–H groups in total. The second-order valence-electron chi connectivity index (χ2n) is 5.33. The van der Waals surface area contributed by atoms with Crippen LogP contribution in [0.3, 0.4) is 0 Å². The molecular formula is C17H18N2O3S. The molecule has 2 heterocycles. The van der Waals surface area contributed by atoms with Gasteiger partial charge in [0.2, 0.25) is 15.9 Å². The Balaban J connectivity index is 1.75. The maximum absolute atomic E-state index is 12.5. The average molecular weight is 330 g/mol. The number of aromatic nitrogens is 1. The summed E-state index contributed by atoms with van der Waals surface area (Å²) in [6, 6.07) is 11.4. The van der Waals surface area contributed by atoms with Gasteiger partial charge < -0.3 is 4.74 Å². The van der Waals surface area contributed by atoms with E-state index in [0.29, 0.717) is 24.5 Å². The first kappa shape index (κ1) is 15.7. The van der Waals surface area contributed by atoms with Crippen molar-refractivity contribution in [1.82, 2.24) is 9.29 Å². The SMILES string of the molecule is COc1ccc(/C=C/S(=O)(=O)N2CCc3ccccc3C2)cn1. The molecule has 0 spiro atoms. The molecule has 3 rings (SSSR count). The smallest absolute Gasteiger partial charge is 0.236 e. The summed E-state index contributed by atoms with van der Waals surface area (Å²) in [7, 11) is -1.91. The minimum Gasteiger partial charge on any atom is -0.481 e. The Labute approximate surface area is 136 Å². The lowest BCUT2D eigenvalue weighted by Gasteiger charge is -2.26. The monoisotopic (exact) mass is 330 g/mol. The second kappa shape index (κ2) is 6.52. The van der Waals surface area contributed by atoms with Gasteiger partial charge in [0.15, 0.2) is 0 Å². The highest BCUT2D eigenvalue weighted by Crippen LogP contribution is 2.22. The van der Waals surface area contributed by atoms with Gasteiger partial charge in [-0.3, -0.25) is 0 Å². The highest BCUT2D eigenvalue weighted by atomic mass is 32.2. The average Bonchev–Trinajstić information content (AvgIpc) is 2.60. The lowest BCUT2D eigenvalue weighted by molar-refractivity contribution is 0.397. The topological polar surface area (TPSA) is 59.5 Å². The molecule has 1 aliphatic rings. The molecule has 0 fully saturated rings. The predicted octanol–water partition coefficient (Wildman–Crippen LogP) is 2.45. The van der Waals surface area contributed by atoms with Crippen molar-refractivity contribution in [3.63, 3.8) is 0 Å². The van der Waals surface area contributed by atoms with Crippen LogP contribution in [0.4, 0.5) is 0 Å². The van der Waals surface area contributed by atoms with Crippen molar-refractivity contribution < 1.29 is 13.2 Å². The Kier molecular flexibility index (Phi) is 4.45. The summed E-state index contributed by atoms with van der Waals surface area (Å²) in [5.41, 5.74) is 3.01. The summed E-state index contributed by atoms with van der Waals surface area (Å²) in [4.78, 5) is 4.06. The third-order valence-corrected chi connectivity index (χ3v) is 5.37. The maximum atomic E-state index is 12.5. The number of fused-ring (bicyclic) bond motifs is 1. The molecule has 1 aliphatic heterocycles. The molecule has 5 nitrogen and oxygen atoms in total. The van der Waals surface area contributed by atoms with E-state index in [2.05, 4.69) is 11.1 Å². The first-order valence-electron chi connectivity index (χ1n) is 7.33. The Morgan fingerprint density at radius 2 is 1.96 bits per heavy atom. The zero-order chi connectivity index (χ0) is 16.3. The number of benzene rings is 1. The van der Waals surface area contributed by atoms with Crippen molar-refractivity contribution in [2.75, 3.05) is 13.7 Å². The summed E-state index contributed by atoms with van der Waals surface area (Å²) in [6.07, 6.45) is 3.88. The van der Waals surface area contributed by atoms with E-state index in [-0.39, 0.29) is 0 Å². The molecule has 6 heteroatoms. The van der Waals surface area contributed by atoms with Gasteiger partial charge in [-0.2, -0.15) is 4.31 Å². The number of pyridine rings is 1. The van der Waals surface area contributed by atoms with Crippen LogP contribution in [0.1, 0.15) is 16.7 Å². The molecule has 0 saturated carbocycles. The summed E-state index contributed by atoms with van der Waals surface area (Å²) in [5, 5.41) is 1.24. The normalized spacial score (nSPS) is 15.5. The molecule has 0 unspecified atom stereocenters. The van der Waals surface area contributed by atoms with Gasteiger partial charge >= 0.3 is 0 Å². The number of rotatable bonds is 4. The second-order valence-corrected chi connectivity index (χ2v) is 7.15. The molecule has 2 aromatic rings. The predicted molar refractivity (Wildman–Crippen MR) is 89.3 cm³/mol. The van der Waals surface area contributed by atoms with Crippen molar-refractivity contribution in [2.45, 2.75) is 13.0 Å². The highest BCUT2D eigenvalue weighted by Gasteiger charge is 2.24. The molecule has 0 bridgehead atoms. The van der Waals surface area contributed by atoms with Crippen LogP contribution in [0.25, 0.3) is 6.08 Å². The largest absolute Gasteiger partial charge is 0.481 e. The fraction of sp³-hybridized carbons (Fsp3) is 0.235. The molecule has 120 valence electrons. The first-order chi connectivity index (χ1) is 11.1. The van der Waals surface area contributed by atoms with Crippen molar-refractivity contribution in [2.24, 2.45) is 0 Å². The number of ether oxygens (including phenoxy) is 1. The van der Waals surface area contributed by atoms with Crippen LogP contribution in [0.15, 0.2) is 48.0 Å². The number of hydrogen-bond acceptors (Lipinski definition) is 4. The molecule has 23 heavy (non-hydrogen) atoms. The summed E-state index contributed by atoms with van der Waals surface area (Å²) in [5.74, 6) is 0.498. The standard InChI is InChI=1S/C17H18N2O3S/c1-22-17-7-6-14(12-18-17)9-11-23(20,21)19-10-8-15-4-2-3-5-16(15)13-19/h2-7,9,11-12H,8,10,13H2,1H3/b11-9+. The van der Waals surface area contributed by atoms with Gasteiger partial charge in [-0.05, 0) is 35.3 Å². The van der Waals surface area contributed by atoms with E-state index in [1.54, 1.807) is 24.4 Å². The Morgan fingerprint density at radius 3 is 2.65 bits per heavy atom. The van der Waals surface area contributed by atoms with E-state index >= 15 is 0 Å². The third kappa shape index (κ3) is 3.60. The van der Waals surface area contributed by atoms with Gasteiger partial charge in [-0.25, -0.2) is 13.4 Å². The van der Waals surface area contributed by atoms with Crippen LogP contribution < -0.4 is 4.74 Å². The molecule has 0 saturated heterocycles. The van der Waals surface area contributed by atoms with Crippen LogP contribution in [-0.2, 0) is 23.0 Å².